The average Bonchev–Trinajstić information content (AvgIpc) is 2.52. The van der Waals surface area contributed by atoms with E-state index >= 15 is 0 Å². The Morgan fingerprint density at radius 3 is 2.40 bits per heavy atom. The summed E-state index contributed by atoms with van der Waals surface area (Å²) in [7, 11) is 0. The maximum absolute atomic E-state index is 9.55. The standard InChI is InChI=1S/C18H12N2/c19-12-18-16-8-4-2-6-14(16)11-17-15-7-3-1-5-13(15)9-10-20(17)18/h1-9,11H,10H2. The second-order valence-corrected chi connectivity index (χ2v) is 4.98. The van der Waals surface area contributed by atoms with Crippen LogP contribution in [-0.2, 0) is 0 Å². The van der Waals surface area contributed by atoms with E-state index in [1.165, 1.54) is 10.4 Å². The Labute approximate surface area is 116 Å². The van der Waals surface area contributed by atoms with Crippen molar-refractivity contribution in [2.24, 2.45) is 0 Å². The van der Waals surface area contributed by atoms with Crippen LogP contribution in [0.25, 0.3) is 23.5 Å². The monoisotopic (exact) mass is 256 g/mol. The molecule has 0 spiro atoms. The van der Waals surface area contributed by atoms with Gasteiger partial charge >= 0.3 is 0 Å². The lowest BCUT2D eigenvalue weighted by Gasteiger charge is -2.28. The molecule has 0 aliphatic carbocycles. The van der Waals surface area contributed by atoms with E-state index < -0.39 is 0 Å². The Morgan fingerprint density at radius 1 is 0.900 bits per heavy atom. The molecule has 94 valence electrons. The summed E-state index contributed by atoms with van der Waals surface area (Å²) in [5.74, 6) is 0. The van der Waals surface area contributed by atoms with Crippen LogP contribution in [0.15, 0.2) is 48.5 Å². The highest BCUT2D eigenvalue weighted by molar-refractivity contribution is 5.86. The minimum atomic E-state index is 0.740. The van der Waals surface area contributed by atoms with Gasteiger partial charge in [0.1, 0.15) is 11.8 Å². The summed E-state index contributed by atoms with van der Waals surface area (Å²) in [5, 5.41) is 14.1. The lowest BCUT2D eigenvalue weighted by molar-refractivity contribution is 0.631. The highest BCUT2D eigenvalue weighted by Crippen LogP contribution is 2.17. The second-order valence-electron chi connectivity index (χ2n) is 4.98. The first kappa shape index (κ1) is 11.1. The van der Waals surface area contributed by atoms with Crippen molar-refractivity contribution < 1.29 is 0 Å². The molecule has 0 radical (unpaired) electrons. The molecule has 0 bridgehead atoms. The molecular formula is C18H12N2. The van der Waals surface area contributed by atoms with Gasteiger partial charge in [-0.1, -0.05) is 54.6 Å². The summed E-state index contributed by atoms with van der Waals surface area (Å²) in [4.78, 5) is 2.10. The van der Waals surface area contributed by atoms with Crippen molar-refractivity contribution in [3.05, 3.63) is 69.4 Å². The maximum Gasteiger partial charge on any atom is 0.128 e. The Balaban J connectivity index is 2.22. The zero-order valence-electron chi connectivity index (χ0n) is 10.9. The molecule has 4 rings (SSSR count). The van der Waals surface area contributed by atoms with Gasteiger partial charge in [0, 0.05) is 17.0 Å². The molecule has 0 saturated heterocycles. The molecule has 2 aliphatic rings. The normalized spacial score (nSPS) is 15.2. The van der Waals surface area contributed by atoms with Crippen molar-refractivity contribution in [1.82, 2.24) is 4.90 Å². The van der Waals surface area contributed by atoms with Crippen molar-refractivity contribution in [3.63, 3.8) is 0 Å². The van der Waals surface area contributed by atoms with E-state index in [-0.39, 0.29) is 0 Å². The second kappa shape index (κ2) is 4.11. The van der Waals surface area contributed by atoms with Crippen molar-refractivity contribution in [2.45, 2.75) is 0 Å². The van der Waals surface area contributed by atoms with Gasteiger partial charge in [0.15, 0.2) is 0 Å². The number of hydrogen-bond donors (Lipinski definition) is 0. The Hall–Kier alpha value is -2.79. The number of benzene rings is 2. The highest BCUT2D eigenvalue weighted by atomic mass is 15.1. The van der Waals surface area contributed by atoms with E-state index in [4.69, 9.17) is 0 Å². The van der Waals surface area contributed by atoms with E-state index in [0.29, 0.717) is 0 Å². The van der Waals surface area contributed by atoms with Crippen LogP contribution in [0.2, 0.25) is 0 Å². The first-order valence-electron chi connectivity index (χ1n) is 6.67. The Bertz CT molecular complexity index is 991. The Kier molecular flexibility index (Phi) is 2.27. The third kappa shape index (κ3) is 1.44. The summed E-state index contributed by atoms with van der Waals surface area (Å²) in [6, 6.07) is 18.8. The van der Waals surface area contributed by atoms with Crippen molar-refractivity contribution in [1.29, 1.82) is 5.26 Å². The summed E-state index contributed by atoms with van der Waals surface area (Å²) >= 11 is 0. The van der Waals surface area contributed by atoms with E-state index in [9.17, 15) is 5.26 Å². The first-order valence-corrected chi connectivity index (χ1v) is 6.67. The zero-order chi connectivity index (χ0) is 13.5. The number of fused-ring (bicyclic) bond motifs is 3. The predicted molar refractivity (Wildman–Crippen MR) is 79.4 cm³/mol. The third-order valence-electron chi connectivity index (χ3n) is 3.91. The molecule has 2 aromatic rings. The molecule has 0 N–H and O–H groups in total. The van der Waals surface area contributed by atoms with Crippen LogP contribution < -0.4 is 20.9 Å². The molecule has 0 fully saturated rings. The van der Waals surface area contributed by atoms with Crippen LogP contribution in [0.5, 0.6) is 0 Å². The van der Waals surface area contributed by atoms with Crippen molar-refractivity contribution in [2.75, 3.05) is 6.54 Å². The SMILES string of the molecule is N#CC1=c2ccccc2=CC2=c3ccccc3=CCN12. The van der Waals surface area contributed by atoms with Crippen LogP contribution in [0, 0.1) is 11.3 Å². The number of hydrogen-bond acceptors (Lipinski definition) is 2. The zero-order valence-corrected chi connectivity index (χ0v) is 10.9. The van der Waals surface area contributed by atoms with Gasteiger partial charge in [0.2, 0.25) is 0 Å². The molecule has 2 heterocycles. The fraction of sp³-hybridized carbons (Fsp3) is 0.0556. The summed E-state index contributed by atoms with van der Waals surface area (Å²) in [6.07, 6.45) is 4.36. The van der Waals surface area contributed by atoms with Crippen LogP contribution in [0.4, 0.5) is 0 Å². The van der Waals surface area contributed by atoms with Gasteiger partial charge in [-0.25, -0.2) is 0 Å². The lowest BCUT2D eigenvalue weighted by atomic mass is 10.0. The molecule has 2 nitrogen and oxygen atoms in total. The van der Waals surface area contributed by atoms with Crippen molar-refractivity contribution >= 4 is 23.5 Å². The van der Waals surface area contributed by atoms with E-state index in [2.05, 4.69) is 47.4 Å². The van der Waals surface area contributed by atoms with Gasteiger partial charge in [-0.05, 0) is 16.5 Å². The van der Waals surface area contributed by atoms with Crippen LogP contribution in [0.3, 0.4) is 0 Å². The summed E-state index contributed by atoms with van der Waals surface area (Å²) in [6.45, 7) is 0.750. The number of nitriles is 1. The first-order chi connectivity index (χ1) is 9.88. The molecule has 20 heavy (non-hydrogen) atoms. The van der Waals surface area contributed by atoms with Gasteiger partial charge < -0.3 is 4.90 Å². The van der Waals surface area contributed by atoms with E-state index in [1.54, 1.807) is 0 Å². The summed E-state index contributed by atoms with van der Waals surface area (Å²) in [5.41, 5.74) is 1.86. The van der Waals surface area contributed by atoms with Gasteiger partial charge in [-0.2, -0.15) is 5.26 Å². The van der Waals surface area contributed by atoms with Crippen LogP contribution in [0.1, 0.15) is 0 Å². The minimum absolute atomic E-state index is 0.740. The minimum Gasteiger partial charge on any atom is -0.328 e. The average molecular weight is 256 g/mol. The molecule has 2 aromatic carbocycles. The molecule has 0 unspecified atom stereocenters. The fourth-order valence-corrected chi connectivity index (χ4v) is 2.96. The van der Waals surface area contributed by atoms with Gasteiger partial charge in [0.25, 0.3) is 0 Å². The topological polar surface area (TPSA) is 27.0 Å². The van der Waals surface area contributed by atoms with Gasteiger partial charge in [0.05, 0.1) is 5.70 Å². The molecule has 0 amide bonds. The molecule has 0 aromatic heterocycles. The number of rotatable bonds is 0. The fourth-order valence-electron chi connectivity index (χ4n) is 2.96. The quantitative estimate of drug-likeness (QED) is 0.664. The molecule has 0 saturated carbocycles. The van der Waals surface area contributed by atoms with Crippen LogP contribution in [-0.4, -0.2) is 11.4 Å². The smallest absolute Gasteiger partial charge is 0.128 e. The van der Waals surface area contributed by atoms with E-state index in [0.717, 1.165) is 28.4 Å². The molecule has 2 heteroatoms. The highest BCUT2D eigenvalue weighted by Gasteiger charge is 2.19. The molecule has 0 atom stereocenters. The molecule has 2 aliphatic heterocycles. The van der Waals surface area contributed by atoms with E-state index in [1.807, 2.05) is 24.3 Å². The van der Waals surface area contributed by atoms with Crippen LogP contribution >= 0.6 is 0 Å². The van der Waals surface area contributed by atoms with Crippen molar-refractivity contribution in [3.8, 4) is 6.07 Å². The summed E-state index contributed by atoms with van der Waals surface area (Å²) < 4.78 is 0. The van der Waals surface area contributed by atoms with Gasteiger partial charge in [-0.3, -0.25) is 0 Å². The number of nitrogens with zero attached hydrogens (tertiary/aromatic N) is 2. The predicted octanol–water partition coefficient (Wildman–Crippen LogP) is 0.0170. The third-order valence-corrected chi connectivity index (χ3v) is 3.91. The maximum atomic E-state index is 9.55. The Morgan fingerprint density at radius 2 is 1.60 bits per heavy atom. The largest absolute Gasteiger partial charge is 0.328 e. The van der Waals surface area contributed by atoms with Gasteiger partial charge in [-0.15, -0.1) is 0 Å². The molecular weight excluding hydrogens is 244 g/mol. The lowest BCUT2D eigenvalue weighted by Crippen LogP contribution is -2.45.